The summed E-state index contributed by atoms with van der Waals surface area (Å²) < 4.78 is 5.05. The van der Waals surface area contributed by atoms with Crippen molar-refractivity contribution in [2.75, 3.05) is 19.6 Å². The zero-order valence-electron chi connectivity index (χ0n) is 13.2. The zero-order chi connectivity index (χ0) is 15.4. The van der Waals surface area contributed by atoms with Crippen LogP contribution in [0.3, 0.4) is 0 Å². The summed E-state index contributed by atoms with van der Waals surface area (Å²) in [5.41, 5.74) is 1.46. The Morgan fingerprint density at radius 2 is 2.25 bits per heavy atom. The van der Waals surface area contributed by atoms with Gasteiger partial charge in [-0.15, -0.1) is 24.8 Å². The Hall–Kier alpha value is -1.28. The predicted molar refractivity (Wildman–Crippen MR) is 98.2 cm³/mol. The van der Waals surface area contributed by atoms with Crippen LogP contribution in [-0.4, -0.2) is 35.7 Å². The minimum absolute atomic E-state index is 0. The van der Waals surface area contributed by atoms with E-state index in [0.717, 1.165) is 24.5 Å². The number of nitrogens with zero attached hydrogens (tertiary/aromatic N) is 2. The molecule has 0 radical (unpaired) electrons. The zero-order valence-corrected chi connectivity index (χ0v) is 15.6. The van der Waals surface area contributed by atoms with Crippen molar-refractivity contribution in [3.8, 4) is 0 Å². The van der Waals surface area contributed by atoms with E-state index < -0.39 is 0 Å². The van der Waals surface area contributed by atoms with E-state index in [1.54, 1.807) is 18.3 Å². The lowest BCUT2D eigenvalue weighted by molar-refractivity contribution is 0.0938. The van der Waals surface area contributed by atoms with Crippen LogP contribution in [-0.2, 0) is 5.75 Å². The molecule has 2 N–H and O–H groups in total. The van der Waals surface area contributed by atoms with Gasteiger partial charge in [-0.1, -0.05) is 16.9 Å². The third-order valence-corrected chi connectivity index (χ3v) is 4.51. The van der Waals surface area contributed by atoms with Crippen molar-refractivity contribution < 1.29 is 9.32 Å². The van der Waals surface area contributed by atoms with Gasteiger partial charge in [0.1, 0.15) is 10.8 Å². The van der Waals surface area contributed by atoms with Gasteiger partial charge in [0.2, 0.25) is 0 Å². The Morgan fingerprint density at radius 3 is 2.88 bits per heavy atom. The molecule has 0 atom stereocenters. The fourth-order valence-electron chi connectivity index (χ4n) is 2.13. The number of halogens is 2. The van der Waals surface area contributed by atoms with Gasteiger partial charge in [0.25, 0.3) is 5.91 Å². The molecular weight excluding hydrogens is 371 g/mol. The molecule has 0 saturated carbocycles. The first-order valence-corrected chi connectivity index (χ1v) is 8.20. The molecule has 1 aliphatic rings. The van der Waals surface area contributed by atoms with E-state index in [0.29, 0.717) is 28.8 Å². The van der Waals surface area contributed by atoms with Crippen molar-refractivity contribution in [2.24, 2.45) is 5.92 Å². The maximum atomic E-state index is 12.3. The maximum Gasteiger partial charge on any atom is 0.254 e. The van der Waals surface area contributed by atoms with E-state index in [4.69, 9.17) is 4.52 Å². The van der Waals surface area contributed by atoms with Crippen LogP contribution in [0.4, 0.5) is 0 Å². The third-order valence-electron chi connectivity index (χ3n) is 3.47. The molecule has 24 heavy (non-hydrogen) atoms. The highest BCUT2D eigenvalue weighted by molar-refractivity contribution is 7.98. The molecule has 2 aromatic rings. The van der Waals surface area contributed by atoms with Crippen molar-refractivity contribution in [1.82, 2.24) is 20.8 Å². The Labute approximate surface area is 157 Å². The fourth-order valence-corrected chi connectivity index (χ4v) is 3.00. The molecule has 0 spiro atoms. The Morgan fingerprint density at radius 1 is 1.46 bits per heavy atom. The van der Waals surface area contributed by atoms with Crippen LogP contribution in [0.5, 0.6) is 0 Å². The van der Waals surface area contributed by atoms with Crippen molar-refractivity contribution in [1.29, 1.82) is 0 Å². The number of amides is 1. The van der Waals surface area contributed by atoms with Crippen molar-refractivity contribution >= 4 is 42.5 Å². The third kappa shape index (κ3) is 5.37. The fraction of sp³-hybridized carbons (Fsp3) is 0.400. The average molecular weight is 391 g/mol. The van der Waals surface area contributed by atoms with Crippen molar-refractivity contribution in [3.63, 3.8) is 0 Å². The minimum Gasteiger partial charge on any atom is -0.361 e. The first kappa shape index (κ1) is 20.8. The van der Waals surface area contributed by atoms with Crippen LogP contribution >= 0.6 is 36.6 Å². The largest absolute Gasteiger partial charge is 0.361 e. The molecular formula is C15H20Cl2N4O2S. The second-order valence-corrected chi connectivity index (χ2v) is 6.27. The number of hydrogen-bond donors (Lipinski definition) is 2. The van der Waals surface area contributed by atoms with E-state index in [9.17, 15) is 4.79 Å². The van der Waals surface area contributed by atoms with Gasteiger partial charge in [-0.25, -0.2) is 4.98 Å². The van der Waals surface area contributed by atoms with Gasteiger partial charge in [0, 0.05) is 43.6 Å². The first-order chi connectivity index (χ1) is 10.7. The van der Waals surface area contributed by atoms with Crippen LogP contribution in [0, 0.1) is 12.8 Å². The van der Waals surface area contributed by atoms with E-state index in [1.165, 1.54) is 11.8 Å². The van der Waals surface area contributed by atoms with E-state index in [-0.39, 0.29) is 30.7 Å². The van der Waals surface area contributed by atoms with Crippen LogP contribution in [0.15, 0.2) is 33.9 Å². The number of hydrogen-bond acceptors (Lipinski definition) is 6. The lowest BCUT2D eigenvalue weighted by Crippen LogP contribution is -2.48. The minimum atomic E-state index is -0.0705. The van der Waals surface area contributed by atoms with Crippen LogP contribution in [0.2, 0.25) is 0 Å². The summed E-state index contributed by atoms with van der Waals surface area (Å²) >= 11 is 1.49. The summed E-state index contributed by atoms with van der Waals surface area (Å²) in [7, 11) is 0. The molecule has 0 aromatic carbocycles. The molecule has 3 rings (SSSR count). The Kier molecular flexibility index (Phi) is 8.55. The molecule has 6 nitrogen and oxygen atoms in total. The summed E-state index contributed by atoms with van der Waals surface area (Å²) in [6.07, 6.45) is 1.70. The molecule has 1 saturated heterocycles. The van der Waals surface area contributed by atoms with Gasteiger partial charge in [-0.05, 0) is 19.1 Å². The molecule has 9 heteroatoms. The highest BCUT2D eigenvalue weighted by atomic mass is 35.5. The number of nitrogens with one attached hydrogen (secondary N) is 2. The average Bonchev–Trinajstić information content (AvgIpc) is 2.89. The second-order valence-electron chi connectivity index (χ2n) is 5.31. The SMILES string of the molecule is Cc1cc(CSc2ncccc2C(=O)NCC2CNC2)no1.Cl.Cl. The van der Waals surface area contributed by atoms with Gasteiger partial charge >= 0.3 is 0 Å². The van der Waals surface area contributed by atoms with Crippen molar-refractivity contribution in [2.45, 2.75) is 17.7 Å². The van der Waals surface area contributed by atoms with E-state index >= 15 is 0 Å². The van der Waals surface area contributed by atoms with Crippen LogP contribution in [0.1, 0.15) is 21.8 Å². The highest BCUT2D eigenvalue weighted by Crippen LogP contribution is 2.24. The maximum absolute atomic E-state index is 12.3. The van der Waals surface area contributed by atoms with Crippen LogP contribution < -0.4 is 10.6 Å². The van der Waals surface area contributed by atoms with Gasteiger partial charge in [0.05, 0.1) is 11.3 Å². The summed E-state index contributed by atoms with van der Waals surface area (Å²) in [5.74, 6) is 1.87. The van der Waals surface area contributed by atoms with Gasteiger partial charge in [-0.3, -0.25) is 4.79 Å². The second kappa shape index (κ2) is 9.88. The number of carbonyl (C=O) groups is 1. The lowest BCUT2D eigenvalue weighted by Gasteiger charge is -2.27. The van der Waals surface area contributed by atoms with E-state index in [2.05, 4.69) is 20.8 Å². The molecule has 0 aliphatic carbocycles. The summed E-state index contributed by atoms with van der Waals surface area (Å²) in [6, 6.07) is 5.47. The van der Waals surface area contributed by atoms with Crippen molar-refractivity contribution in [3.05, 3.63) is 41.4 Å². The summed E-state index contributed by atoms with van der Waals surface area (Å²) in [6.45, 7) is 4.50. The normalized spacial score (nSPS) is 13.4. The molecule has 1 aliphatic heterocycles. The molecule has 1 amide bonds. The molecule has 3 heterocycles. The number of aromatic nitrogens is 2. The monoisotopic (exact) mass is 390 g/mol. The molecule has 132 valence electrons. The lowest BCUT2D eigenvalue weighted by atomic mass is 10.0. The number of thioether (sulfide) groups is 1. The molecule has 0 bridgehead atoms. The highest BCUT2D eigenvalue weighted by Gasteiger charge is 2.19. The van der Waals surface area contributed by atoms with Gasteiger partial charge in [0.15, 0.2) is 0 Å². The molecule has 0 unspecified atom stereocenters. The number of aryl methyl sites for hydroxylation is 1. The topological polar surface area (TPSA) is 80.0 Å². The number of rotatable bonds is 6. The Bertz CT molecular complexity index is 664. The quantitative estimate of drug-likeness (QED) is 0.737. The predicted octanol–water partition coefficient (Wildman–Crippen LogP) is 2.46. The van der Waals surface area contributed by atoms with Gasteiger partial charge < -0.3 is 15.2 Å². The summed E-state index contributed by atoms with van der Waals surface area (Å²) in [5, 5.41) is 10.8. The molecule has 1 fully saturated rings. The smallest absolute Gasteiger partial charge is 0.254 e. The van der Waals surface area contributed by atoms with Crippen LogP contribution in [0.25, 0.3) is 0 Å². The Balaban J connectivity index is 0.00000144. The number of pyridine rings is 1. The number of carbonyl (C=O) groups excluding carboxylic acids is 1. The van der Waals surface area contributed by atoms with E-state index in [1.807, 2.05) is 13.0 Å². The standard InChI is InChI=1S/C15H18N4O2S.2ClH/c1-10-5-12(19-21-10)9-22-15-13(3-2-4-17-15)14(20)18-8-11-6-16-7-11;;/h2-5,11,16H,6-9H2,1H3,(H,18,20);2*1H. The summed E-state index contributed by atoms with van der Waals surface area (Å²) in [4.78, 5) is 16.6. The molecule has 2 aromatic heterocycles. The van der Waals surface area contributed by atoms with Gasteiger partial charge in [-0.2, -0.15) is 0 Å². The first-order valence-electron chi connectivity index (χ1n) is 7.21.